The molecule has 0 aromatic heterocycles. The molecular weight excluding hydrogens is 269 g/mol. The highest BCUT2D eigenvalue weighted by Crippen LogP contribution is 2.22. The van der Waals surface area contributed by atoms with Gasteiger partial charge < -0.3 is 4.74 Å². The van der Waals surface area contributed by atoms with Gasteiger partial charge in [0.05, 0.1) is 6.42 Å². The molecule has 0 saturated heterocycles. The fraction of sp³-hybridized carbons (Fsp3) is 0.778. The molecule has 0 spiro atoms. The van der Waals surface area contributed by atoms with Crippen LogP contribution in [0.25, 0.3) is 0 Å². The SMILES string of the molecule is CC(C)(C)OC(=O)NNC(CC(=O)NN)C(F)(F)F. The van der Waals surface area contributed by atoms with Crippen molar-refractivity contribution in [3.05, 3.63) is 0 Å². The quantitative estimate of drug-likeness (QED) is 0.338. The van der Waals surface area contributed by atoms with E-state index in [-0.39, 0.29) is 0 Å². The largest absolute Gasteiger partial charge is 0.443 e. The Morgan fingerprint density at radius 2 is 1.79 bits per heavy atom. The minimum atomic E-state index is -4.73. The van der Waals surface area contributed by atoms with Gasteiger partial charge >= 0.3 is 12.3 Å². The molecule has 7 nitrogen and oxygen atoms in total. The maximum Gasteiger partial charge on any atom is 0.422 e. The van der Waals surface area contributed by atoms with Crippen LogP contribution in [0.3, 0.4) is 0 Å². The summed E-state index contributed by atoms with van der Waals surface area (Å²) in [6.07, 6.45) is -6.80. The van der Waals surface area contributed by atoms with Gasteiger partial charge in [0.2, 0.25) is 5.91 Å². The lowest BCUT2D eigenvalue weighted by Crippen LogP contribution is -2.54. The van der Waals surface area contributed by atoms with E-state index in [2.05, 4.69) is 0 Å². The molecule has 5 N–H and O–H groups in total. The van der Waals surface area contributed by atoms with E-state index in [1.165, 1.54) is 0 Å². The number of nitrogens with one attached hydrogen (secondary N) is 3. The van der Waals surface area contributed by atoms with Crippen molar-refractivity contribution in [2.45, 2.75) is 45.0 Å². The Balaban J connectivity index is 4.43. The van der Waals surface area contributed by atoms with Crippen molar-refractivity contribution in [3.8, 4) is 0 Å². The zero-order valence-electron chi connectivity index (χ0n) is 10.7. The summed E-state index contributed by atoms with van der Waals surface area (Å²) in [6.45, 7) is 4.65. The summed E-state index contributed by atoms with van der Waals surface area (Å²) < 4.78 is 42.3. The molecule has 0 heterocycles. The van der Waals surface area contributed by atoms with E-state index in [9.17, 15) is 22.8 Å². The summed E-state index contributed by atoms with van der Waals surface area (Å²) in [5.41, 5.74) is 4.12. The topological polar surface area (TPSA) is 105 Å². The summed E-state index contributed by atoms with van der Waals surface area (Å²) in [5, 5.41) is 0. The molecule has 10 heteroatoms. The van der Waals surface area contributed by atoms with Crippen molar-refractivity contribution < 1.29 is 27.5 Å². The van der Waals surface area contributed by atoms with Crippen LogP contribution in [0.4, 0.5) is 18.0 Å². The van der Waals surface area contributed by atoms with Gasteiger partial charge in [-0.1, -0.05) is 0 Å². The Morgan fingerprint density at radius 1 is 1.26 bits per heavy atom. The minimum absolute atomic E-state index is 0.853. The zero-order chi connectivity index (χ0) is 15.3. The van der Waals surface area contributed by atoms with Gasteiger partial charge in [-0.2, -0.15) is 13.2 Å². The van der Waals surface area contributed by atoms with E-state index in [4.69, 9.17) is 10.6 Å². The molecule has 1 atom stereocenters. The molecule has 0 saturated carbocycles. The second-order valence-electron chi connectivity index (χ2n) is 4.64. The number of hydrogen-bond acceptors (Lipinski definition) is 5. The standard InChI is InChI=1S/C9H17F3N4O3/c1-8(2,3)19-7(18)16-15-5(9(10,11)12)4-6(17)14-13/h5,15H,4,13H2,1-3H3,(H,14,17)(H,16,18). The van der Waals surface area contributed by atoms with Gasteiger partial charge in [0, 0.05) is 0 Å². The van der Waals surface area contributed by atoms with E-state index in [1.807, 2.05) is 0 Å². The van der Waals surface area contributed by atoms with E-state index < -0.39 is 36.2 Å². The molecule has 1 unspecified atom stereocenters. The lowest BCUT2D eigenvalue weighted by Gasteiger charge is -2.23. The Labute approximate surface area is 108 Å². The third-order valence-corrected chi connectivity index (χ3v) is 1.69. The highest BCUT2D eigenvalue weighted by atomic mass is 19.4. The Morgan fingerprint density at radius 3 is 2.16 bits per heavy atom. The van der Waals surface area contributed by atoms with Gasteiger partial charge in [-0.05, 0) is 20.8 Å². The Kier molecular flexibility index (Phi) is 6.03. The maximum absolute atomic E-state index is 12.5. The number of carbonyl (C=O) groups is 2. The van der Waals surface area contributed by atoms with Crippen LogP contribution >= 0.6 is 0 Å². The first-order valence-corrected chi connectivity index (χ1v) is 5.26. The number of amides is 2. The molecule has 0 aliphatic rings. The van der Waals surface area contributed by atoms with Crippen LogP contribution in [-0.2, 0) is 9.53 Å². The molecule has 0 aliphatic carbocycles. The van der Waals surface area contributed by atoms with E-state index in [0.717, 1.165) is 0 Å². The van der Waals surface area contributed by atoms with Crippen LogP contribution in [0.15, 0.2) is 0 Å². The third-order valence-electron chi connectivity index (χ3n) is 1.69. The van der Waals surface area contributed by atoms with Crippen molar-refractivity contribution in [2.24, 2.45) is 5.84 Å². The second kappa shape index (κ2) is 6.57. The summed E-state index contributed by atoms with van der Waals surface area (Å²) in [6, 6.07) is -2.27. The molecule has 2 amide bonds. The number of rotatable bonds is 4. The monoisotopic (exact) mass is 286 g/mol. The average Bonchev–Trinajstić information content (AvgIpc) is 2.19. The van der Waals surface area contributed by atoms with Crippen LogP contribution in [0.1, 0.15) is 27.2 Å². The molecule has 0 aromatic rings. The summed E-state index contributed by atoms with van der Waals surface area (Å²) in [7, 11) is 0. The number of hydrazine groups is 2. The van der Waals surface area contributed by atoms with Crippen molar-refractivity contribution in [1.82, 2.24) is 16.3 Å². The highest BCUT2D eigenvalue weighted by Gasteiger charge is 2.41. The molecule has 19 heavy (non-hydrogen) atoms. The van der Waals surface area contributed by atoms with E-state index in [1.54, 1.807) is 37.0 Å². The molecule has 0 rings (SSSR count). The fourth-order valence-corrected chi connectivity index (χ4v) is 0.943. The smallest absolute Gasteiger partial charge is 0.422 e. The first-order valence-electron chi connectivity index (χ1n) is 5.26. The maximum atomic E-state index is 12.5. The summed E-state index contributed by atoms with van der Waals surface area (Å²) >= 11 is 0. The Bertz CT molecular complexity index is 328. The van der Waals surface area contributed by atoms with Crippen LogP contribution in [-0.4, -0.2) is 29.8 Å². The number of hydrogen-bond donors (Lipinski definition) is 4. The van der Waals surface area contributed by atoms with Gasteiger partial charge in [0.25, 0.3) is 0 Å². The van der Waals surface area contributed by atoms with Crippen LogP contribution in [0.5, 0.6) is 0 Å². The number of carbonyl (C=O) groups excluding carboxylic acids is 2. The van der Waals surface area contributed by atoms with Crippen molar-refractivity contribution in [2.75, 3.05) is 0 Å². The average molecular weight is 286 g/mol. The van der Waals surface area contributed by atoms with E-state index in [0.29, 0.717) is 0 Å². The second-order valence-corrected chi connectivity index (χ2v) is 4.64. The lowest BCUT2D eigenvalue weighted by molar-refractivity contribution is -0.163. The van der Waals surface area contributed by atoms with Gasteiger partial charge in [-0.3, -0.25) is 15.6 Å². The fourth-order valence-electron chi connectivity index (χ4n) is 0.943. The zero-order valence-corrected chi connectivity index (χ0v) is 10.7. The van der Waals surface area contributed by atoms with Gasteiger partial charge in [0.15, 0.2) is 0 Å². The minimum Gasteiger partial charge on any atom is -0.443 e. The number of nitrogens with two attached hydrogens (primary N) is 1. The predicted octanol–water partition coefficient (Wildman–Crippen LogP) is 0.327. The molecule has 0 fully saturated rings. The first kappa shape index (κ1) is 17.4. The van der Waals surface area contributed by atoms with Crippen LogP contribution in [0, 0.1) is 0 Å². The molecular formula is C9H17F3N4O3. The van der Waals surface area contributed by atoms with Crippen molar-refractivity contribution in [1.29, 1.82) is 0 Å². The number of alkyl halides is 3. The highest BCUT2D eigenvalue weighted by molar-refractivity contribution is 5.76. The molecule has 0 radical (unpaired) electrons. The first-order chi connectivity index (χ1) is 8.45. The molecule has 0 aromatic carbocycles. The summed E-state index contributed by atoms with van der Waals surface area (Å²) in [5.74, 6) is 3.67. The molecule has 0 aliphatic heterocycles. The molecule has 112 valence electrons. The van der Waals surface area contributed by atoms with Crippen LogP contribution in [0.2, 0.25) is 0 Å². The van der Waals surface area contributed by atoms with E-state index >= 15 is 0 Å². The van der Waals surface area contributed by atoms with Crippen molar-refractivity contribution in [3.63, 3.8) is 0 Å². The Hall–Kier alpha value is -1.55. The third kappa shape index (κ3) is 8.21. The lowest BCUT2D eigenvalue weighted by atomic mass is 10.2. The molecule has 0 bridgehead atoms. The number of ether oxygens (including phenoxy) is 1. The predicted molar refractivity (Wildman–Crippen MR) is 59.3 cm³/mol. The van der Waals surface area contributed by atoms with Crippen LogP contribution < -0.4 is 22.1 Å². The van der Waals surface area contributed by atoms with Gasteiger partial charge in [-0.15, -0.1) is 0 Å². The number of halogens is 3. The summed E-state index contributed by atoms with van der Waals surface area (Å²) in [4.78, 5) is 22.0. The van der Waals surface area contributed by atoms with Gasteiger partial charge in [-0.25, -0.2) is 16.1 Å². The normalized spacial score (nSPS) is 13.6. The van der Waals surface area contributed by atoms with Gasteiger partial charge in [0.1, 0.15) is 11.6 Å². The van der Waals surface area contributed by atoms with Crippen molar-refractivity contribution >= 4 is 12.0 Å².